The quantitative estimate of drug-likeness (QED) is 0.118. The first-order valence-corrected chi connectivity index (χ1v) is 17.5. The summed E-state index contributed by atoms with van der Waals surface area (Å²) in [5, 5.41) is 8.08. The molecule has 0 radical (unpaired) electrons. The van der Waals surface area contributed by atoms with Gasteiger partial charge >= 0.3 is 0 Å². The van der Waals surface area contributed by atoms with Crippen LogP contribution in [0.2, 0.25) is 0 Å². The van der Waals surface area contributed by atoms with Crippen LogP contribution in [0.1, 0.15) is 25.3 Å². The Morgan fingerprint density at radius 3 is 1.62 bits per heavy atom. The smallest absolute Gasteiger partial charge is 0.0462 e. The molecular weight excluding hydrogens is 603 g/mol. The summed E-state index contributed by atoms with van der Waals surface area (Å²) >= 11 is 0. The highest BCUT2D eigenvalue weighted by Crippen LogP contribution is 2.38. The molecule has 1 nitrogen and oxygen atoms in total. The Bertz CT molecular complexity index is 2520. The largest absolute Gasteiger partial charge is 0.311 e. The van der Waals surface area contributed by atoms with Crippen molar-refractivity contribution >= 4 is 56.3 Å². The predicted octanol–water partition coefficient (Wildman–Crippen LogP) is 12.3. The minimum atomic E-state index is 1.10. The van der Waals surface area contributed by atoms with Crippen LogP contribution in [0, 0.1) is 0 Å². The van der Waals surface area contributed by atoms with Gasteiger partial charge in [-0.1, -0.05) is 146 Å². The van der Waals surface area contributed by atoms with Gasteiger partial charge in [-0.15, -0.1) is 0 Å². The Hall–Kier alpha value is -6.18. The molecule has 50 heavy (non-hydrogen) atoms. The number of fused-ring (bicyclic) bond motifs is 6. The van der Waals surface area contributed by atoms with Crippen LogP contribution in [0.25, 0.3) is 61.5 Å². The average molecular weight is 642 g/mol. The van der Waals surface area contributed by atoms with Gasteiger partial charge in [0.05, 0.1) is 0 Å². The van der Waals surface area contributed by atoms with Gasteiger partial charge in [-0.2, -0.15) is 0 Å². The topological polar surface area (TPSA) is 3.24 Å². The predicted molar refractivity (Wildman–Crippen MR) is 217 cm³/mol. The minimum absolute atomic E-state index is 1.10. The van der Waals surface area contributed by atoms with Crippen molar-refractivity contribution in [3.05, 3.63) is 192 Å². The van der Waals surface area contributed by atoms with Gasteiger partial charge in [0, 0.05) is 17.1 Å². The molecule has 0 spiro atoms. The SMILES string of the molecule is C=C/C=C(\C=C/C)c1ccc(N(c2ccc(-c3ccccc3)cc2)c2ccc(-c3ccc4c5c(c6ccccc6c4c3)=CCCC=5)cc2)cc1. The highest BCUT2D eigenvalue weighted by molar-refractivity contribution is 6.09. The van der Waals surface area contributed by atoms with Crippen LogP contribution >= 0.6 is 0 Å². The number of hydrogen-bond acceptors (Lipinski definition) is 1. The summed E-state index contributed by atoms with van der Waals surface area (Å²) < 4.78 is 0. The third-order valence-electron chi connectivity index (χ3n) is 9.76. The molecule has 0 amide bonds. The van der Waals surface area contributed by atoms with Crippen LogP contribution in [0.4, 0.5) is 17.1 Å². The van der Waals surface area contributed by atoms with E-state index in [0.717, 1.165) is 41.0 Å². The number of allylic oxidation sites excluding steroid dienone is 5. The lowest BCUT2D eigenvalue weighted by Crippen LogP contribution is -2.28. The molecule has 0 unspecified atom stereocenters. The van der Waals surface area contributed by atoms with Crippen LogP contribution in [0.3, 0.4) is 0 Å². The van der Waals surface area contributed by atoms with Crippen molar-refractivity contribution in [3.8, 4) is 22.3 Å². The first-order chi connectivity index (χ1) is 24.7. The molecule has 7 aromatic carbocycles. The van der Waals surface area contributed by atoms with Gasteiger partial charge in [-0.25, -0.2) is 0 Å². The summed E-state index contributed by atoms with van der Waals surface area (Å²) in [6.45, 7) is 5.96. The Morgan fingerprint density at radius 2 is 1.02 bits per heavy atom. The van der Waals surface area contributed by atoms with Crippen molar-refractivity contribution in [3.63, 3.8) is 0 Å². The summed E-state index contributed by atoms with van der Waals surface area (Å²) in [6.07, 6.45) is 15.1. The lowest BCUT2D eigenvalue weighted by molar-refractivity contribution is 1.13. The Morgan fingerprint density at radius 1 is 0.520 bits per heavy atom. The molecule has 0 saturated heterocycles. The first kappa shape index (κ1) is 31.1. The summed E-state index contributed by atoms with van der Waals surface area (Å²) in [7, 11) is 0. The van der Waals surface area contributed by atoms with E-state index in [1.807, 2.05) is 13.0 Å². The first-order valence-electron chi connectivity index (χ1n) is 17.5. The monoisotopic (exact) mass is 641 g/mol. The van der Waals surface area contributed by atoms with Crippen LogP contribution < -0.4 is 15.3 Å². The Balaban J connectivity index is 1.20. The van der Waals surface area contributed by atoms with Gasteiger partial charge < -0.3 is 4.90 Å². The lowest BCUT2D eigenvalue weighted by atomic mass is 9.92. The summed E-state index contributed by atoms with van der Waals surface area (Å²) in [5.74, 6) is 0. The second-order valence-electron chi connectivity index (χ2n) is 12.8. The van der Waals surface area contributed by atoms with E-state index in [9.17, 15) is 0 Å². The second kappa shape index (κ2) is 13.7. The van der Waals surface area contributed by atoms with E-state index in [1.54, 1.807) is 0 Å². The molecule has 7 aromatic rings. The molecule has 0 N–H and O–H groups in total. The van der Waals surface area contributed by atoms with Gasteiger partial charge in [0.15, 0.2) is 0 Å². The lowest BCUT2D eigenvalue weighted by Gasteiger charge is -2.26. The molecule has 0 atom stereocenters. The van der Waals surface area contributed by atoms with Crippen molar-refractivity contribution in [2.45, 2.75) is 19.8 Å². The van der Waals surface area contributed by atoms with Gasteiger partial charge in [0.1, 0.15) is 0 Å². The molecule has 240 valence electrons. The Labute approximate surface area is 294 Å². The molecule has 1 heteroatoms. The van der Waals surface area contributed by atoms with E-state index in [1.165, 1.54) is 54.2 Å². The number of anilines is 3. The maximum Gasteiger partial charge on any atom is 0.0462 e. The maximum absolute atomic E-state index is 3.92. The second-order valence-corrected chi connectivity index (χ2v) is 12.8. The van der Waals surface area contributed by atoms with Crippen molar-refractivity contribution in [1.82, 2.24) is 0 Å². The van der Waals surface area contributed by atoms with Crippen molar-refractivity contribution in [2.75, 3.05) is 4.90 Å². The van der Waals surface area contributed by atoms with E-state index in [4.69, 9.17) is 0 Å². The number of benzene rings is 7. The minimum Gasteiger partial charge on any atom is -0.311 e. The fourth-order valence-corrected chi connectivity index (χ4v) is 7.36. The number of nitrogens with zero attached hydrogens (tertiary/aromatic N) is 1. The maximum atomic E-state index is 3.92. The fourth-order valence-electron chi connectivity index (χ4n) is 7.36. The number of rotatable bonds is 8. The molecular formula is C49H39N. The summed E-state index contributed by atoms with van der Waals surface area (Å²) in [6, 6.07) is 53.1. The van der Waals surface area contributed by atoms with Crippen molar-refractivity contribution in [2.24, 2.45) is 0 Å². The molecule has 1 aliphatic carbocycles. The molecule has 8 rings (SSSR count). The zero-order chi connectivity index (χ0) is 33.9. The highest BCUT2D eigenvalue weighted by atomic mass is 15.1. The molecule has 0 fully saturated rings. The van der Waals surface area contributed by atoms with Gasteiger partial charge in [0.25, 0.3) is 0 Å². The molecule has 0 saturated carbocycles. The fraction of sp³-hybridized carbons (Fsp3) is 0.0612. The van der Waals surface area contributed by atoms with Gasteiger partial charge in [-0.05, 0) is 128 Å². The zero-order valence-electron chi connectivity index (χ0n) is 28.4. The zero-order valence-corrected chi connectivity index (χ0v) is 28.4. The third-order valence-corrected chi connectivity index (χ3v) is 9.76. The van der Waals surface area contributed by atoms with E-state index < -0.39 is 0 Å². The normalized spacial score (nSPS) is 12.8. The molecule has 0 bridgehead atoms. The van der Waals surface area contributed by atoms with E-state index >= 15 is 0 Å². The Kier molecular flexibility index (Phi) is 8.55. The molecule has 0 heterocycles. The standard InChI is InChI=1S/C49H39N/c1-3-12-35(13-4-2)37-20-27-41(28-21-37)50(42-29-22-38(23-30-42)36-14-6-5-7-15-36)43-31-24-39(25-32-43)40-26-33-48-46-18-9-8-16-44(46)45-17-10-11-19-47(45)49(48)34-40/h3-7,10-34H,1,8-9H2,2H3/b13-4-,35-12+. The molecule has 0 aliphatic heterocycles. The summed E-state index contributed by atoms with van der Waals surface area (Å²) in [5.41, 5.74) is 10.4. The number of hydrogen-bond donors (Lipinski definition) is 0. The van der Waals surface area contributed by atoms with E-state index in [2.05, 4.69) is 187 Å². The van der Waals surface area contributed by atoms with E-state index in [0.29, 0.717) is 0 Å². The van der Waals surface area contributed by atoms with Gasteiger partial charge in [0.2, 0.25) is 0 Å². The van der Waals surface area contributed by atoms with E-state index in [-0.39, 0.29) is 0 Å². The highest BCUT2D eigenvalue weighted by Gasteiger charge is 2.15. The molecule has 0 aromatic heterocycles. The van der Waals surface area contributed by atoms with Crippen LogP contribution in [-0.2, 0) is 0 Å². The third kappa shape index (κ3) is 5.88. The van der Waals surface area contributed by atoms with Gasteiger partial charge in [-0.3, -0.25) is 0 Å². The van der Waals surface area contributed by atoms with Crippen LogP contribution in [-0.4, -0.2) is 0 Å². The van der Waals surface area contributed by atoms with Crippen molar-refractivity contribution < 1.29 is 0 Å². The van der Waals surface area contributed by atoms with Crippen molar-refractivity contribution in [1.29, 1.82) is 0 Å². The summed E-state index contributed by atoms with van der Waals surface area (Å²) in [4.78, 5) is 2.33. The van der Waals surface area contributed by atoms with Crippen LogP contribution in [0.15, 0.2) is 176 Å². The molecule has 1 aliphatic rings. The average Bonchev–Trinajstić information content (AvgIpc) is 3.19. The van der Waals surface area contributed by atoms with Crippen LogP contribution in [0.5, 0.6) is 0 Å².